The van der Waals surface area contributed by atoms with E-state index >= 15 is 0 Å². The summed E-state index contributed by atoms with van der Waals surface area (Å²) >= 11 is 1.38. The van der Waals surface area contributed by atoms with Crippen molar-refractivity contribution in [3.63, 3.8) is 0 Å². The lowest BCUT2D eigenvalue weighted by molar-refractivity contribution is 0.174. The number of carbonyl (C=O) groups excluding carboxylic acids is 1. The van der Waals surface area contributed by atoms with E-state index in [2.05, 4.69) is 19.2 Å². The quantitative estimate of drug-likeness (QED) is 0.756. The van der Waals surface area contributed by atoms with Gasteiger partial charge in [-0.05, 0) is 12.1 Å². The first-order chi connectivity index (χ1) is 12.2. The number of hydrogen-bond acceptors (Lipinski definition) is 5. The maximum Gasteiger partial charge on any atom is 0.315 e. The first kappa shape index (κ1) is 15.6. The summed E-state index contributed by atoms with van der Waals surface area (Å²) in [6, 6.07) is 13.3. The topological polar surface area (TPSA) is 91.1 Å². The Labute approximate surface area is 149 Å². The molecular weight excluding hydrogens is 336 g/mol. The van der Waals surface area contributed by atoms with Gasteiger partial charge in [0.05, 0.1) is 6.04 Å². The largest absolute Gasteiger partial charge is 0.363 e. The fourth-order valence-electron chi connectivity index (χ4n) is 3.09. The number of nitrogens with one attached hydrogen (secondary N) is 1. The third-order valence-corrected chi connectivity index (χ3v) is 5.14. The summed E-state index contributed by atoms with van der Waals surface area (Å²) in [4.78, 5) is 23.5. The van der Waals surface area contributed by atoms with Crippen molar-refractivity contribution in [1.82, 2.24) is 19.2 Å². The van der Waals surface area contributed by atoms with Crippen molar-refractivity contribution >= 4 is 22.7 Å². The van der Waals surface area contributed by atoms with Crippen LogP contribution in [0.15, 0.2) is 48.7 Å². The highest BCUT2D eigenvalue weighted by Gasteiger charge is 2.32. The van der Waals surface area contributed by atoms with Gasteiger partial charge in [-0.1, -0.05) is 30.3 Å². The molecule has 0 bridgehead atoms. The van der Waals surface area contributed by atoms with Gasteiger partial charge in [0.25, 0.3) is 0 Å². The van der Waals surface area contributed by atoms with Crippen LogP contribution in [0.3, 0.4) is 0 Å². The van der Waals surface area contributed by atoms with Crippen LogP contribution in [-0.4, -0.2) is 44.9 Å². The van der Waals surface area contributed by atoms with E-state index in [1.165, 1.54) is 11.5 Å². The molecule has 3 N–H and O–H groups in total. The van der Waals surface area contributed by atoms with E-state index in [0.29, 0.717) is 19.6 Å². The molecule has 1 atom stereocenters. The van der Waals surface area contributed by atoms with Crippen LogP contribution in [0, 0.1) is 0 Å². The molecule has 1 unspecified atom stereocenters. The van der Waals surface area contributed by atoms with Crippen LogP contribution in [0.1, 0.15) is 11.7 Å². The number of aromatic amines is 1. The highest BCUT2D eigenvalue weighted by atomic mass is 32.1. The Morgan fingerprint density at radius 2 is 2.04 bits per heavy atom. The van der Waals surface area contributed by atoms with Gasteiger partial charge in [0.2, 0.25) is 5.13 Å². The van der Waals surface area contributed by atoms with Crippen LogP contribution >= 0.6 is 11.5 Å². The predicted octanol–water partition coefficient (Wildman–Crippen LogP) is 2.48. The second kappa shape index (κ2) is 6.56. The van der Waals surface area contributed by atoms with Crippen molar-refractivity contribution in [2.24, 2.45) is 5.73 Å². The number of piperazine rings is 1. The average Bonchev–Trinajstić information content (AvgIpc) is 3.34. The van der Waals surface area contributed by atoms with Gasteiger partial charge < -0.3 is 20.5 Å². The number of primary amides is 1. The lowest BCUT2D eigenvalue weighted by Gasteiger charge is -2.40. The number of nitrogens with zero attached hydrogens (tertiary/aromatic N) is 4. The van der Waals surface area contributed by atoms with E-state index in [1.807, 2.05) is 48.7 Å². The minimum absolute atomic E-state index is 0.120. The monoisotopic (exact) mass is 354 g/mol. The lowest BCUT2D eigenvalue weighted by atomic mass is 10.1. The molecule has 25 heavy (non-hydrogen) atoms. The minimum Gasteiger partial charge on any atom is -0.363 e. The van der Waals surface area contributed by atoms with Crippen LogP contribution in [0.25, 0.3) is 11.4 Å². The van der Waals surface area contributed by atoms with Crippen LogP contribution < -0.4 is 10.6 Å². The third kappa shape index (κ3) is 3.08. The minimum atomic E-state index is -0.401. The maximum absolute atomic E-state index is 11.8. The summed E-state index contributed by atoms with van der Waals surface area (Å²) in [7, 11) is 0. The standard InChI is InChI=1S/C17H18N6OS/c18-16(24)23-10-9-22(11-14(23)13-7-4-8-19-13)17-20-15(21-25-17)12-5-2-1-3-6-12/h1-8,14,19H,9-11H2,(H2,18,24). The summed E-state index contributed by atoms with van der Waals surface area (Å²) in [6.07, 6.45) is 1.85. The molecule has 1 saturated heterocycles. The number of benzene rings is 1. The summed E-state index contributed by atoms with van der Waals surface area (Å²) in [6.45, 7) is 1.87. The van der Waals surface area contributed by atoms with E-state index in [0.717, 1.165) is 22.2 Å². The second-order valence-corrected chi connectivity index (χ2v) is 6.62. The van der Waals surface area contributed by atoms with E-state index in [1.54, 1.807) is 4.90 Å². The molecule has 1 fully saturated rings. The van der Waals surface area contributed by atoms with Gasteiger partial charge in [-0.25, -0.2) is 4.79 Å². The average molecular weight is 354 g/mol. The van der Waals surface area contributed by atoms with Gasteiger partial charge in [0.15, 0.2) is 5.82 Å². The summed E-state index contributed by atoms with van der Waals surface area (Å²) in [5.41, 5.74) is 7.53. The maximum atomic E-state index is 11.8. The number of carbonyl (C=O) groups is 1. The highest BCUT2D eigenvalue weighted by Crippen LogP contribution is 2.30. The second-order valence-electron chi connectivity index (χ2n) is 5.89. The molecule has 2 aromatic heterocycles. The molecule has 0 radical (unpaired) electrons. The molecule has 0 aliphatic carbocycles. The zero-order valence-electron chi connectivity index (χ0n) is 13.5. The number of amides is 2. The zero-order valence-corrected chi connectivity index (χ0v) is 14.3. The number of rotatable bonds is 3. The molecule has 1 aliphatic rings. The van der Waals surface area contributed by atoms with Gasteiger partial charge >= 0.3 is 6.03 Å². The Morgan fingerprint density at radius 3 is 2.76 bits per heavy atom. The Hall–Kier alpha value is -2.87. The SMILES string of the molecule is NC(=O)N1CCN(c2nc(-c3ccccc3)ns2)CC1c1ccc[nH]1. The molecule has 7 nitrogen and oxygen atoms in total. The van der Waals surface area contributed by atoms with Gasteiger partial charge in [-0.15, -0.1) is 0 Å². The van der Waals surface area contributed by atoms with Crippen molar-refractivity contribution in [3.8, 4) is 11.4 Å². The van der Waals surface area contributed by atoms with E-state index in [4.69, 9.17) is 5.73 Å². The molecule has 3 aromatic rings. The van der Waals surface area contributed by atoms with Gasteiger partial charge in [0.1, 0.15) is 0 Å². The van der Waals surface area contributed by atoms with Crippen molar-refractivity contribution < 1.29 is 4.79 Å². The Balaban J connectivity index is 1.58. The number of anilines is 1. The number of H-pyrrole nitrogens is 1. The highest BCUT2D eigenvalue weighted by molar-refractivity contribution is 7.09. The number of aromatic nitrogens is 3. The number of hydrogen-bond donors (Lipinski definition) is 2. The zero-order chi connectivity index (χ0) is 17.2. The van der Waals surface area contributed by atoms with Gasteiger partial charge in [-0.2, -0.15) is 9.36 Å². The molecule has 1 aliphatic heterocycles. The van der Waals surface area contributed by atoms with Crippen LogP contribution in [0.2, 0.25) is 0 Å². The van der Waals surface area contributed by atoms with Gasteiger partial charge in [0, 0.05) is 48.6 Å². The molecule has 2 amide bonds. The van der Waals surface area contributed by atoms with Crippen molar-refractivity contribution in [2.45, 2.75) is 6.04 Å². The van der Waals surface area contributed by atoms with Crippen molar-refractivity contribution in [1.29, 1.82) is 0 Å². The van der Waals surface area contributed by atoms with E-state index in [9.17, 15) is 4.79 Å². The fraction of sp³-hybridized carbons (Fsp3) is 0.235. The van der Waals surface area contributed by atoms with Crippen LogP contribution in [-0.2, 0) is 0 Å². The van der Waals surface area contributed by atoms with Crippen LogP contribution in [0.5, 0.6) is 0 Å². The predicted molar refractivity (Wildman–Crippen MR) is 97.4 cm³/mol. The first-order valence-electron chi connectivity index (χ1n) is 8.06. The van der Waals surface area contributed by atoms with Crippen molar-refractivity contribution in [2.75, 3.05) is 24.5 Å². The Morgan fingerprint density at radius 1 is 1.20 bits per heavy atom. The number of urea groups is 1. The summed E-state index contributed by atoms with van der Waals surface area (Å²) in [5, 5.41) is 0.861. The fourth-order valence-corrected chi connectivity index (χ4v) is 3.81. The molecule has 1 aromatic carbocycles. The number of nitrogens with two attached hydrogens (primary N) is 1. The normalized spacial score (nSPS) is 17.7. The summed E-state index contributed by atoms with van der Waals surface area (Å²) < 4.78 is 4.48. The van der Waals surface area contributed by atoms with E-state index < -0.39 is 6.03 Å². The Bertz CT molecular complexity index is 847. The Kier molecular flexibility index (Phi) is 4.10. The molecule has 128 valence electrons. The van der Waals surface area contributed by atoms with Crippen molar-refractivity contribution in [3.05, 3.63) is 54.4 Å². The first-order valence-corrected chi connectivity index (χ1v) is 8.83. The lowest BCUT2D eigenvalue weighted by Crippen LogP contribution is -2.52. The van der Waals surface area contributed by atoms with Gasteiger partial charge in [-0.3, -0.25) is 0 Å². The van der Waals surface area contributed by atoms with E-state index in [-0.39, 0.29) is 6.04 Å². The molecule has 3 heterocycles. The molecular formula is C17H18N6OS. The molecule has 8 heteroatoms. The summed E-state index contributed by atoms with van der Waals surface area (Å²) in [5.74, 6) is 0.731. The molecule has 4 rings (SSSR count). The van der Waals surface area contributed by atoms with Crippen LogP contribution in [0.4, 0.5) is 9.93 Å². The third-order valence-electron chi connectivity index (χ3n) is 4.36. The molecule has 0 spiro atoms. The molecule has 0 saturated carbocycles. The smallest absolute Gasteiger partial charge is 0.315 e.